The molecule has 8 heteroatoms. The Labute approximate surface area is 123 Å². The van der Waals surface area contributed by atoms with Crippen LogP contribution in [0.15, 0.2) is 24.3 Å². The van der Waals surface area contributed by atoms with Crippen LogP contribution in [0.3, 0.4) is 0 Å². The Hall–Kier alpha value is -2.09. The molecule has 0 radical (unpaired) electrons. The Morgan fingerprint density at radius 3 is 2.38 bits per heavy atom. The van der Waals surface area contributed by atoms with Gasteiger partial charge in [-0.1, -0.05) is 0 Å². The van der Waals surface area contributed by atoms with E-state index in [-0.39, 0.29) is 6.42 Å². The molecule has 7 nitrogen and oxygen atoms in total. The summed E-state index contributed by atoms with van der Waals surface area (Å²) >= 11 is 0. The molecule has 1 atom stereocenters. The summed E-state index contributed by atoms with van der Waals surface area (Å²) in [6, 6.07) is 6.32. The second-order valence-electron chi connectivity index (χ2n) is 4.45. The largest absolute Gasteiger partial charge is 0.469 e. The number of methoxy groups -OCH3 is 1. The molecule has 0 bridgehead atoms. The van der Waals surface area contributed by atoms with Crippen LogP contribution in [0.4, 0.5) is 11.4 Å². The zero-order valence-corrected chi connectivity index (χ0v) is 12.6. The molecular weight excluding hydrogens is 296 g/mol. The predicted octanol–water partition coefficient (Wildman–Crippen LogP) is 0.574. The monoisotopic (exact) mass is 314 g/mol. The minimum absolute atomic E-state index is 0.279. The van der Waals surface area contributed by atoms with E-state index in [0.717, 1.165) is 0 Å². The molecule has 116 valence electrons. The molecule has 1 rings (SSSR count). The van der Waals surface area contributed by atoms with Crippen LogP contribution in [-0.4, -0.2) is 38.4 Å². The van der Waals surface area contributed by atoms with Gasteiger partial charge in [0.25, 0.3) is 0 Å². The lowest BCUT2D eigenvalue weighted by molar-refractivity contribution is -0.140. The number of carbonyl (C=O) groups excluding carboxylic acids is 2. The lowest BCUT2D eigenvalue weighted by Gasteiger charge is -2.13. The summed E-state index contributed by atoms with van der Waals surface area (Å²) in [5.41, 5.74) is 6.50. The van der Waals surface area contributed by atoms with E-state index >= 15 is 0 Å². The van der Waals surface area contributed by atoms with Gasteiger partial charge in [0.05, 0.1) is 19.3 Å². The Balaban J connectivity index is 2.68. The van der Waals surface area contributed by atoms with Crippen LogP contribution in [0.5, 0.6) is 0 Å². The van der Waals surface area contributed by atoms with Crippen LogP contribution in [-0.2, 0) is 24.2 Å². The highest BCUT2D eigenvalue weighted by molar-refractivity contribution is 7.92. The number of esters is 1. The van der Waals surface area contributed by atoms with E-state index in [2.05, 4.69) is 10.1 Å². The molecule has 1 aromatic rings. The Morgan fingerprint density at radius 1 is 1.29 bits per heavy atom. The Kier molecular flexibility index (Phi) is 5.71. The normalized spacial score (nSPS) is 12.5. The molecule has 0 aromatic heterocycles. The molecule has 0 saturated carbocycles. The molecule has 0 aliphatic heterocycles. The molecule has 1 aromatic carbocycles. The smallest absolute Gasteiger partial charge is 0.306 e. The zero-order valence-electron chi connectivity index (χ0n) is 11.8. The number of nitrogens with two attached hydrogens (primary N) is 1. The highest BCUT2D eigenvalue weighted by atomic mass is 32.2. The molecule has 0 spiro atoms. The number of rotatable bonds is 6. The van der Waals surface area contributed by atoms with Crippen molar-refractivity contribution < 1.29 is 22.7 Å². The molecule has 0 aliphatic carbocycles. The first-order valence-electron chi connectivity index (χ1n) is 6.21. The standard InChI is InChI=1S/C13H18N2O5S/c1-9(21(18,19)8-7-12(16)20-2)13(17)15-11-5-3-10(14)4-6-11/h3-6,9H,7-8,14H2,1-2H3,(H,15,17). The van der Waals surface area contributed by atoms with Crippen LogP contribution >= 0.6 is 0 Å². The summed E-state index contributed by atoms with van der Waals surface area (Å²) in [6.45, 7) is 1.28. The van der Waals surface area contributed by atoms with Crippen molar-refractivity contribution in [2.45, 2.75) is 18.6 Å². The average molecular weight is 314 g/mol. The molecule has 1 unspecified atom stereocenters. The number of benzene rings is 1. The number of nitrogen functional groups attached to an aromatic ring is 1. The predicted molar refractivity (Wildman–Crippen MR) is 79.4 cm³/mol. The van der Waals surface area contributed by atoms with E-state index < -0.39 is 32.7 Å². The Bertz CT molecular complexity index is 610. The van der Waals surface area contributed by atoms with Crippen molar-refractivity contribution >= 4 is 33.1 Å². The van der Waals surface area contributed by atoms with Gasteiger partial charge in [0.15, 0.2) is 9.84 Å². The summed E-state index contributed by atoms with van der Waals surface area (Å²) in [7, 11) is -2.56. The number of carbonyl (C=O) groups is 2. The van der Waals surface area contributed by atoms with E-state index in [1.54, 1.807) is 24.3 Å². The van der Waals surface area contributed by atoms with Crippen molar-refractivity contribution in [3.8, 4) is 0 Å². The Morgan fingerprint density at radius 2 is 1.86 bits per heavy atom. The maximum atomic E-state index is 11.9. The number of amides is 1. The van der Waals surface area contributed by atoms with Gasteiger partial charge in [0.1, 0.15) is 5.25 Å². The first-order chi connectivity index (χ1) is 9.76. The SMILES string of the molecule is COC(=O)CCS(=O)(=O)C(C)C(=O)Nc1ccc(N)cc1. The van der Waals surface area contributed by atoms with Crippen molar-refractivity contribution in [3.63, 3.8) is 0 Å². The highest BCUT2D eigenvalue weighted by Crippen LogP contribution is 2.13. The number of sulfone groups is 1. The number of nitrogens with one attached hydrogen (secondary N) is 1. The molecule has 21 heavy (non-hydrogen) atoms. The molecule has 1 amide bonds. The number of ether oxygens (including phenoxy) is 1. The van der Waals surface area contributed by atoms with E-state index in [1.165, 1.54) is 14.0 Å². The minimum Gasteiger partial charge on any atom is -0.469 e. The molecule has 0 heterocycles. The second-order valence-corrected chi connectivity index (χ2v) is 6.89. The van der Waals surface area contributed by atoms with Crippen molar-refractivity contribution in [3.05, 3.63) is 24.3 Å². The van der Waals surface area contributed by atoms with Gasteiger partial charge in [-0.15, -0.1) is 0 Å². The van der Waals surface area contributed by atoms with Gasteiger partial charge in [0.2, 0.25) is 5.91 Å². The average Bonchev–Trinajstić information content (AvgIpc) is 2.46. The minimum atomic E-state index is -3.73. The first-order valence-corrected chi connectivity index (χ1v) is 7.92. The topological polar surface area (TPSA) is 116 Å². The maximum Gasteiger partial charge on any atom is 0.306 e. The lowest BCUT2D eigenvalue weighted by Crippen LogP contribution is -2.34. The van der Waals surface area contributed by atoms with Crippen molar-refractivity contribution in [1.29, 1.82) is 0 Å². The van der Waals surface area contributed by atoms with Crippen LogP contribution in [0.1, 0.15) is 13.3 Å². The van der Waals surface area contributed by atoms with Gasteiger partial charge in [-0.2, -0.15) is 0 Å². The van der Waals surface area contributed by atoms with E-state index in [9.17, 15) is 18.0 Å². The van der Waals surface area contributed by atoms with Gasteiger partial charge in [-0.25, -0.2) is 8.42 Å². The fourth-order valence-electron chi connectivity index (χ4n) is 1.48. The van der Waals surface area contributed by atoms with Crippen LogP contribution < -0.4 is 11.1 Å². The number of hydrogen-bond donors (Lipinski definition) is 2. The van der Waals surface area contributed by atoms with Crippen LogP contribution in [0, 0.1) is 0 Å². The summed E-state index contributed by atoms with van der Waals surface area (Å²) in [5, 5.41) is 1.22. The zero-order chi connectivity index (χ0) is 16.0. The van der Waals surface area contributed by atoms with Gasteiger partial charge < -0.3 is 15.8 Å². The maximum absolute atomic E-state index is 11.9. The van der Waals surface area contributed by atoms with Gasteiger partial charge in [0, 0.05) is 11.4 Å². The fraction of sp³-hybridized carbons (Fsp3) is 0.385. The van der Waals surface area contributed by atoms with Gasteiger partial charge in [-0.05, 0) is 31.2 Å². The number of anilines is 2. The lowest BCUT2D eigenvalue weighted by atomic mass is 10.3. The fourth-order valence-corrected chi connectivity index (χ4v) is 2.67. The van der Waals surface area contributed by atoms with Crippen molar-refractivity contribution in [2.75, 3.05) is 23.9 Å². The third-order valence-corrected chi connectivity index (χ3v) is 4.97. The molecule has 0 saturated heterocycles. The van der Waals surface area contributed by atoms with Crippen LogP contribution in [0.25, 0.3) is 0 Å². The molecule has 0 fully saturated rings. The van der Waals surface area contributed by atoms with Gasteiger partial charge >= 0.3 is 5.97 Å². The first kappa shape index (κ1) is 17.0. The third-order valence-electron chi connectivity index (χ3n) is 2.90. The number of hydrogen-bond acceptors (Lipinski definition) is 6. The van der Waals surface area contributed by atoms with E-state index in [0.29, 0.717) is 11.4 Å². The van der Waals surface area contributed by atoms with Crippen molar-refractivity contribution in [2.24, 2.45) is 0 Å². The summed E-state index contributed by atoms with van der Waals surface area (Å²) < 4.78 is 28.3. The van der Waals surface area contributed by atoms with E-state index in [1.807, 2.05) is 0 Å². The molecular formula is C13H18N2O5S. The highest BCUT2D eigenvalue weighted by Gasteiger charge is 2.28. The van der Waals surface area contributed by atoms with Crippen molar-refractivity contribution in [1.82, 2.24) is 0 Å². The summed E-state index contributed by atoms with van der Waals surface area (Å²) in [5.74, 6) is -1.73. The quantitative estimate of drug-likeness (QED) is 0.586. The third kappa shape index (κ3) is 5.07. The summed E-state index contributed by atoms with van der Waals surface area (Å²) in [4.78, 5) is 22.9. The molecule has 3 N–H and O–H groups in total. The molecule has 0 aliphatic rings. The second kappa shape index (κ2) is 7.07. The van der Waals surface area contributed by atoms with E-state index in [4.69, 9.17) is 5.73 Å². The summed E-state index contributed by atoms with van der Waals surface area (Å²) in [6.07, 6.45) is -0.279. The van der Waals surface area contributed by atoms with Gasteiger partial charge in [-0.3, -0.25) is 9.59 Å². The van der Waals surface area contributed by atoms with Crippen LogP contribution in [0.2, 0.25) is 0 Å².